The second-order valence-electron chi connectivity index (χ2n) is 5.90. The fourth-order valence-electron chi connectivity index (χ4n) is 2.98. The van der Waals surface area contributed by atoms with Crippen LogP contribution in [0.15, 0.2) is 41.8 Å². The van der Waals surface area contributed by atoms with Crippen molar-refractivity contribution in [3.63, 3.8) is 0 Å². The fourth-order valence-corrected chi connectivity index (χ4v) is 2.98. The first-order valence-electron chi connectivity index (χ1n) is 8.35. The van der Waals surface area contributed by atoms with Crippen molar-refractivity contribution >= 4 is 11.8 Å². The first kappa shape index (κ1) is 17.2. The number of ether oxygens (including phenoxy) is 1. The van der Waals surface area contributed by atoms with Gasteiger partial charge in [-0.1, -0.05) is 12.1 Å². The van der Waals surface area contributed by atoms with E-state index < -0.39 is 0 Å². The van der Waals surface area contributed by atoms with Crippen molar-refractivity contribution < 1.29 is 4.74 Å². The Hall–Kier alpha value is -2.67. The van der Waals surface area contributed by atoms with Crippen LogP contribution in [0.25, 0.3) is 0 Å². The predicted molar refractivity (Wildman–Crippen MR) is 98.1 cm³/mol. The largest absolute Gasteiger partial charge is 0.378 e. The summed E-state index contributed by atoms with van der Waals surface area (Å²) in [6, 6.07) is 5.91. The van der Waals surface area contributed by atoms with E-state index in [0.29, 0.717) is 30.2 Å². The summed E-state index contributed by atoms with van der Waals surface area (Å²) < 4.78 is 5.20. The lowest BCUT2D eigenvalue weighted by Crippen LogP contribution is -2.48. The molecule has 1 saturated heterocycles. The Morgan fingerprint density at radius 2 is 2.04 bits per heavy atom. The molecular formula is C18H23N5O2. The monoisotopic (exact) mass is 341 g/mol. The van der Waals surface area contributed by atoms with E-state index in [1.54, 1.807) is 19.4 Å². The van der Waals surface area contributed by atoms with Crippen LogP contribution in [0.3, 0.4) is 0 Å². The molecule has 1 aliphatic rings. The van der Waals surface area contributed by atoms with Gasteiger partial charge >= 0.3 is 0 Å². The first-order valence-corrected chi connectivity index (χ1v) is 8.35. The summed E-state index contributed by atoms with van der Waals surface area (Å²) in [7, 11) is 1.60. The molecule has 0 radical (unpaired) electrons. The molecule has 0 bridgehead atoms. The molecule has 0 aromatic carbocycles. The minimum absolute atomic E-state index is 0.121. The third-order valence-corrected chi connectivity index (χ3v) is 4.27. The van der Waals surface area contributed by atoms with Gasteiger partial charge in [0.2, 0.25) is 5.95 Å². The van der Waals surface area contributed by atoms with Gasteiger partial charge < -0.3 is 14.5 Å². The number of nitrogens with one attached hydrogen (secondary N) is 1. The SMILES string of the molecule is C=CCc1c(COC)nc(N2CCN(c3ccccn3)CC2)[nH]c1=O. The zero-order chi connectivity index (χ0) is 17.6. The van der Waals surface area contributed by atoms with E-state index in [9.17, 15) is 4.79 Å². The molecule has 7 heteroatoms. The molecule has 25 heavy (non-hydrogen) atoms. The summed E-state index contributed by atoms with van der Waals surface area (Å²) in [6.45, 7) is 7.22. The highest BCUT2D eigenvalue weighted by molar-refractivity contribution is 5.42. The Labute approximate surface area is 147 Å². The maximum atomic E-state index is 12.4. The number of hydrogen-bond donors (Lipinski definition) is 1. The smallest absolute Gasteiger partial charge is 0.256 e. The van der Waals surface area contributed by atoms with Crippen LogP contribution in [0.5, 0.6) is 0 Å². The second kappa shape index (κ2) is 7.94. The van der Waals surface area contributed by atoms with Crippen LogP contribution in [0.1, 0.15) is 11.3 Å². The van der Waals surface area contributed by atoms with Gasteiger partial charge in [-0.15, -0.1) is 6.58 Å². The molecule has 132 valence electrons. The highest BCUT2D eigenvalue weighted by atomic mass is 16.5. The van der Waals surface area contributed by atoms with Crippen LogP contribution >= 0.6 is 0 Å². The fraction of sp³-hybridized carbons (Fsp3) is 0.389. The second-order valence-corrected chi connectivity index (χ2v) is 5.90. The Kier molecular flexibility index (Phi) is 5.45. The molecule has 1 N–H and O–H groups in total. The van der Waals surface area contributed by atoms with E-state index in [0.717, 1.165) is 32.0 Å². The molecule has 3 heterocycles. The van der Waals surface area contributed by atoms with Crippen molar-refractivity contribution in [1.29, 1.82) is 0 Å². The normalized spacial score (nSPS) is 14.6. The maximum absolute atomic E-state index is 12.4. The number of rotatable bonds is 6. The van der Waals surface area contributed by atoms with Gasteiger partial charge in [-0.2, -0.15) is 0 Å². The summed E-state index contributed by atoms with van der Waals surface area (Å²) in [4.78, 5) is 28.7. The molecule has 1 fully saturated rings. The quantitative estimate of drug-likeness (QED) is 0.800. The van der Waals surface area contributed by atoms with E-state index in [2.05, 4.69) is 31.3 Å². The topological polar surface area (TPSA) is 74.3 Å². The number of piperazine rings is 1. The molecule has 7 nitrogen and oxygen atoms in total. The van der Waals surface area contributed by atoms with Crippen LogP contribution < -0.4 is 15.4 Å². The number of hydrogen-bond acceptors (Lipinski definition) is 6. The lowest BCUT2D eigenvalue weighted by molar-refractivity contribution is 0.180. The standard InChI is InChI=1S/C18H23N5O2/c1-3-6-14-15(13-25-2)20-18(21-17(14)24)23-11-9-22(10-12-23)16-7-4-5-8-19-16/h3-5,7-8H,1,6,9-13H2,2H3,(H,20,21,24). The minimum atomic E-state index is -0.121. The zero-order valence-corrected chi connectivity index (χ0v) is 14.4. The summed E-state index contributed by atoms with van der Waals surface area (Å²) in [5.74, 6) is 1.58. The van der Waals surface area contributed by atoms with Crippen molar-refractivity contribution in [2.75, 3.05) is 43.1 Å². The molecule has 1 aliphatic heterocycles. The Morgan fingerprint density at radius 1 is 1.28 bits per heavy atom. The maximum Gasteiger partial charge on any atom is 0.256 e. The average Bonchev–Trinajstić information content (AvgIpc) is 2.65. The Morgan fingerprint density at radius 3 is 2.68 bits per heavy atom. The third kappa shape index (κ3) is 3.88. The third-order valence-electron chi connectivity index (χ3n) is 4.27. The van der Waals surface area contributed by atoms with Gasteiger partial charge in [0.05, 0.1) is 12.3 Å². The average molecular weight is 341 g/mol. The summed E-state index contributed by atoms with van der Waals surface area (Å²) in [6.07, 6.45) is 3.99. The van der Waals surface area contributed by atoms with Crippen molar-refractivity contribution in [2.24, 2.45) is 0 Å². The van der Waals surface area contributed by atoms with Crippen LogP contribution in [0, 0.1) is 0 Å². The molecule has 2 aromatic rings. The van der Waals surface area contributed by atoms with Gasteiger partial charge in [-0.05, 0) is 18.6 Å². The van der Waals surface area contributed by atoms with E-state index >= 15 is 0 Å². The number of aromatic amines is 1. The van der Waals surface area contributed by atoms with Crippen LogP contribution in [0.4, 0.5) is 11.8 Å². The van der Waals surface area contributed by atoms with Crippen LogP contribution in [-0.2, 0) is 17.8 Å². The predicted octanol–water partition coefficient (Wildman–Crippen LogP) is 1.37. The highest BCUT2D eigenvalue weighted by Crippen LogP contribution is 2.16. The van der Waals surface area contributed by atoms with Gasteiger partial charge in [0.25, 0.3) is 5.56 Å². The number of pyridine rings is 1. The molecule has 0 amide bonds. The lowest BCUT2D eigenvalue weighted by atomic mass is 10.1. The van der Waals surface area contributed by atoms with E-state index in [1.165, 1.54) is 0 Å². The van der Waals surface area contributed by atoms with Crippen LogP contribution in [-0.4, -0.2) is 48.2 Å². The summed E-state index contributed by atoms with van der Waals surface area (Å²) in [5.41, 5.74) is 1.17. The molecule has 0 spiro atoms. The molecule has 3 rings (SSSR count). The minimum Gasteiger partial charge on any atom is -0.378 e. The molecule has 0 saturated carbocycles. The van der Waals surface area contributed by atoms with Gasteiger partial charge in [0.15, 0.2) is 0 Å². The number of H-pyrrole nitrogens is 1. The molecule has 0 aliphatic carbocycles. The Bertz CT molecular complexity index is 767. The van der Waals surface area contributed by atoms with Crippen molar-refractivity contribution in [1.82, 2.24) is 15.0 Å². The van der Waals surface area contributed by atoms with Crippen LogP contribution in [0.2, 0.25) is 0 Å². The zero-order valence-electron chi connectivity index (χ0n) is 14.4. The van der Waals surface area contributed by atoms with Gasteiger partial charge in [0.1, 0.15) is 5.82 Å². The molecule has 0 unspecified atom stereocenters. The van der Waals surface area contributed by atoms with Crippen molar-refractivity contribution in [3.8, 4) is 0 Å². The first-order chi connectivity index (χ1) is 12.2. The van der Waals surface area contributed by atoms with E-state index in [4.69, 9.17) is 4.74 Å². The number of anilines is 2. The Balaban J connectivity index is 1.77. The van der Waals surface area contributed by atoms with Gasteiger partial charge in [-0.25, -0.2) is 9.97 Å². The van der Waals surface area contributed by atoms with E-state index in [1.807, 2.05) is 18.2 Å². The molecular weight excluding hydrogens is 318 g/mol. The molecule has 2 aromatic heterocycles. The summed E-state index contributed by atoms with van der Waals surface area (Å²) in [5, 5.41) is 0. The van der Waals surface area contributed by atoms with Crippen molar-refractivity contribution in [2.45, 2.75) is 13.0 Å². The molecule has 0 atom stereocenters. The van der Waals surface area contributed by atoms with Crippen molar-refractivity contribution in [3.05, 3.63) is 58.7 Å². The lowest BCUT2D eigenvalue weighted by Gasteiger charge is -2.35. The number of aromatic nitrogens is 3. The van der Waals surface area contributed by atoms with E-state index in [-0.39, 0.29) is 5.56 Å². The summed E-state index contributed by atoms with van der Waals surface area (Å²) >= 11 is 0. The van der Waals surface area contributed by atoms with Gasteiger partial charge in [-0.3, -0.25) is 9.78 Å². The van der Waals surface area contributed by atoms with Gasteiger partial charge in [0, 0.05) is 45.0 Å². The number of allylic oxidation sites excluding steroid dienone is 1. The number of methoxy groups -OCH3 is 1. The number of nitrogens with zero attached hydrogens (tertiary/aromatic N) is 4. The highest BCUT2D eigenvalue weighted by Gasteiger charge is 2.21.